The number of fused-ring (bicyclic) bond motifs is 3. The van der Waals surface area contributed by atoms with E-state index < -0.39 is 0 Å². The van der Waals surface area contributed by atoms with E-state index in [4.69, 9.17) is 0 Å². The molecule has 0 radical (unpaired) electrons. The fourth-order valence-electron chi connectivity index (χ4n) is 2.15. The Balaban J connectivity index is 2.12. The summed E-state index contributed by atoms with van der Waals surface area (Å²) in [6.45, 7) is 2.87. The summed E-state index contributed by atoms with van der Waals surface area (Å²) in [5, 5.41) is 3.74. The number of carbonyl (C=O) groups is 1. The van der Waals surface area contributed by atoms with E-state index in [1.165, 1.54) is 11.1 Å². The third-order valence-corrected chi connectivity index (χ3v) is 2.91. The van der Waals surface area contributed by atoms with Gasteiger partial charge in [-0.15, -0.1) is 0 Å². The van der Waals surface area contributed by atoms with Gasteiger partial charge in [0.15, 0.2) is 0 Å². The molecule has 1 saturated heterocycles. The number of anilines is 1. The molecular formula is C12H12N2O. The average molecular weight is 200 g/mol. The molecule has 3 rings (SSSR count). The zero-order valence-electron chi connectivity index (χ0n) is 8.60. The molecule has 2 aliphatic rings. The monoisotopic (exact) mass is 200 g/mol. The maximum atomic E-state index is 11.5. The molecule has 0 atom stereocenters. The molecule has 0 N–H and O–H groups in total. The van der Waals surface area contributed by atoms with E-state index in [1.807, 2.05) is 17.3 Å². The van der Waals surface area contributed by atoms with Crippen LogP contribution in [-0.4, -0.2) is 17.5 Å². The minimum atomic E-state index is 0.178. The lowest BCUT2D eigenvalue weighted by molar-refractivity contribution is -0.125. The molecule has 0 aliphatic carbocycles. The molecule has 1 amide bonds. The van der Waals surface area contributed by atoms with Crippen LogP contribution in [-0.2, 0) is 4.79 Å². The predicted molar refractivity (Wildman–Crippen MR) is 59.0 cm³/mol. The predicted octanol–water partition coefficient (Wildman–Crippen LogP) is 1.93. The first-order valence-corrected chi connectivity index (χ1v) is 5.14. The first-order chi connectivity index (χ1) is 7.25. The maximum absolute atomic E-state index is 11.5. The van der Waals surface area contributed by atoms with Gasteiger partial charge in [-0.3, -0.25) is 9.80 Å². The van der Waals surface area contributed by atoms with Crippen molar-refractivity contribution >= 4 is 17.7 Å². The van der Waals surface area contributed by atoms with Gasteiger partial charge in [0.05, 0.1) is 5.69 Å². The van der Waals surface area contributed by atoms with Crippen molar-refractivity contribution in [3.05, 3.63) is 35.5 Å². The lowest BCUT2D eigenvalue weighted by Crippen LogP contribution is -2.36. The molecule has 0 spiro atoms. The molecule has 2 aliphatic heterocycles. The Morgan fingerprint density at radius 2 is 2.20 bits per heavy atom. The van der Waals surface area contributed by atoms with Crippen LogP contribution in [0, 0.1) is 6.92 Å². The fourth-order valence-corrected chi connectivity index (χ4v) is 2.15. The lowest BCUT2D eigenvalue weighted by atomic mass is 10.1. The first kappa shape index (κ1) is 8.53. The molecule has 0 aromatic heterocycles. The largest absolute Gasteiger partial charge is 0.278 e. The third-order valence-electron chi connectivity index (χ3n) is 2.91. The van der Waals surface area contributed by atoms with Crippen molar-refractivity contribution in [1.29, 1.82) is 0 Å². The summed E-state index contributed by atoms with van der Waals surface area (Å²) in [5.41, 5.74) is 3.58. The molecule has 3 heteroatoms. The first-order valence-electron chi connectivity index (χ1n) is 5.14. The summed E-state index contributed by atoms with van der Waals surface area (Å²) in [6.07, 6.45) is 4.47. The summed E-state index contributed by atoms with van der Waals surface area (Å²) in [4.78, 5) is 11.5. The third kappa shape index (κ3) is 1.16. The Morgan fingerprint density at radius 1 is 1.33 bits per heavy atom. The van der Waals surface area contributed by atoms with Crippen LogP contribution in [0.25, 0.3) is 6.08 Å². The molecule has 1 aromatic rings. The minimum Gasteiger partial charge on any atom is -0.278 e. The number of benzene rings is 1. The fraction of sp³-hybridized carbons (Fsp3) is 0.250. The second kappa shape index (κ2) is 2.86. The average Bonchev–Trinajstić information content (AvgIpc) is 2.60. The number of aryl methyl sites for hydroxylation is 1. The smallest absolute Gasteiger partial charge is 0.247 e. The van der Waals surface area contributed by atoms with Crippen molar-refractivity contribution in [2.24, 2.45) is 0 Å². The van der Waals surface area contributed by atoms with Gasteiger partial charge in [-0.1, -0.05) is 11.6 Å². The van der Waals surface area contributed by atoms with Crippen LogP contribution in [0.2, 0.25) is 0 Å². The molecule has 15 heavy (non-hydrogen) atoms. The summed E-state index contributed by atoms with van der Waals surface area (Å²) in [7, 11) is 0. The normalized spacial score (nSPS) is 18.1. The molecule has 0 unspecified atom stereocenters. The van der Waals surface area contributed by atoms with Crippen molar-refractivity contribution < 1.29 is 4.79 Å². The van der Waals surface area contributed by atoms with Gasteiger partial charge >= 0.3 is 0 Å². The van der Waals surface area contributed by atoms with Gasteiger partial charge in [0, 0.05) is 24.7 Å². The Hall–Kier alpha value is -1.77. The highest BCUT2D eigenvalue weighted by molar-refractivity contribution is 5.87. The highest BCUT2D eigenvalue weighted by Gasteiger charge is 2.30. The molecule has 0 saturated carbocycles. The molecule has 1 fully saturated rings. The van der Waals surface area contributed by atoms with Crippen molar-refractivity contribution in [3.8, 4) is 0 Å². The Kier molecular flexibility index (Phi) is 1.63. The van der Waals surface area contributed by atoms with Gasteiger partial charge in [0.1, 0.15) is 0 Å². The summed E-state index contributed by atoms with van der Waals surface area (Å²) in [5.74, 6) is 0.178. The van der Waals surface area contributed by atoms with E-state index in [9.17, 15) is 4.79 Å². The molecule has 0 bridgehead atoms. The van der Waals surface area contributed by atoms with Crippen molar-refractivity contribution in [1.82, 2.24) is 5.01 Å². The van der Waals surface area contributed by atoms with E-state index in [1.54, 1.807) is 5.01 Å². The maximum Gasteiger partial charge on any atom is 0.247 e. The minimum absolute atomic E-state index is 0.178. The van der Waals surface area contributed by atoms with Crippen molar-refractivity contribution in [3.63, 3.8) is 0 Å². The number of hydrogen-bond acceptors (Lipinski definition) is 2. The van der Waals surface area contributed by atoms with Gasteiger partial charge in [-0.05, 0) is 25.1 Å². The van der Waals surface area contributed by atoms with E-state index >= 15 is 0 Å². The molecule has 76 valence electrons. The zero-order valence-corrected chi connectivity index (χ0v) is 8.60. The second-order valence-corrected chi connectivity index (χ2v) is 3.99. The van der Waals surface area contributed by atoms with Gasteiger partial charge in [0.2, 0.25) is 5.91 Å². The molecule has 2 heterocycles. The summed E-state index contributed by atoms with van der Waals surface area (Å²) in [6, 6.07) is 6.31. The van der Waals surface area contributed by atoms with E-state index in [2.05, 4.69) is 25.1 Å². The Morgan fingerprint density at radius 3 is 3.07 bits per heavy atom. The highest BCUT2D eigenvalue weighted by atomic mass is 16.2. The quantitative estimate of drug-likeness (QED) is 0.639. The summed E-state index contributed by atoms with van der Waals surface area (Å²) < 4.78 is 0. The molecule has 3 nitrogen and oxygen atoms in total. The Labute approximate surface area is 88.6 Å². The summed E-state index contributed by atoms with van der Waals surface area (Å²) >= 11 is 0. The molecule has 1 aromatic carbocycles. The van der Waals surface area contributed by atoms with Crippen LogP contribution in [0.1, 0.15) is 17.5 Å². The van der Waals surface area contributed by atoms with Crippen LogP contribution >= 0.6 is 0 Å². The van der Waals surface area contributed by atoms with Crippen LogP contribution in [0.4, 0.5) is 5.69 Å². The topological polar surface area (TPSA) is 23.6 Å². The number of carbonyl (C=O) groups excluding carboxylic acids is 1. The number of nitrogens with zero attached hydrogens (tertiary/aromatic N) is 2. The number of amides is 1. The van der Waals surface area contributed by atoms with Crippen molar-refractivity contribution in [2.75, 3.05) is 11.6 Å². The van der Waals surface area contributed by atoms with Gasteiger partial charge in [-0.25, -0.2) is 5.01 Å². The number of hydrazine groups is 1. The lowest BCUT2D eigenvalue weighted by Gasteiger charge is -2.31. The van der Waals surface area contributed by atoms with E-state index in [0.717, 1.165) is 12.2 Å². The van der Waals surface area contributed by atoms with Gasteiger partial charge < -0.3 is 0 Å². The van der Waals surface area contributed by atoms with Crippen molar-refractivity contribution in [2.45, 2.75) is 13.3 Å². The number of rotatable bonds is 0. The highest BCUT2D eigenvalue weighted by Crippen LogP contribution is 2.32. The molecular weight excluding hydrogens is 188 g/mol. The standard InChI is InChI=1S/C12H12N2O/c1-9-2-3-11-10(8-9)4-6-14-12(15)5-7-13(11)14/h2-4,6,8H,5,7H2,1H3. The van der Waals surface area contributed by atoms with Crippen LogP contribution in [0.5, 0.6) is 0 Å². The van der Waals surface area contributed by atoms with Crippen LogP contribution in [0.15, 0.2) is 24.4 Å². The van der Waals surface area contributed by atoms with Crippen LogP contribution in [0.3, 0.4) is 0 Å². The van der Waals surface area contributed by atoms with Crippen LogP contribution < -0.4 is 5.01 Å². The number of hydrogen-bond donors (Lipinski definition) is 0. The van der Waals surface area contributed by atoms with E-state index in [-0.39, 0.29) is 5.91 Å². The van der Waals surface area contributed by atoms with E-state index in [0.29, 0.717) is 6.42 Å². The second-order valence-electron chi connectivity index (χ2n) is 3.99. The SMILES string of the molecule is Cc1ccc2c(c1)C=CN1C(=O)CCN21. The van der Waals surface area contributed by atoms with Gasteiger partial charge in [0.25, 0.3) is 0 Å². The zero-order chi connectivity index (χ0) is 10.4. The Bertz CT molecular complexity index is 465. The van der Waals surface area contributed by atoms with Gasteiger partial charge in [-0.2, -0.15) is 0 Å².